The van der Waals surface area contributed by atoms with Crippen molar-refractivity contribution in [3.05, 3.63) is 28.3 Å². The molecule has 0 radical (unpaired) electrons. The number of primary sulfonamides is 1. The van der Waals surface area contributed by atoms with Crippen LogP contribution >= 0.6 is 0 Å². The molecule has 0 amide bonds. The van der Waals surface area contributed by atoms with Gasteiger partial charge in [-0.25, -0.2) is 13.6 Å². The van der Waals surface area contributed by atoms with Gasteiger partial charge in [0.15, 0.2) is 0 Å². The second-order valence-corrected chi connectivity index (χ2v) is 6.66. The highest BCUT2D eigenvalue weighted by Crippen LogP contribution is 2.32. The van der Waals surface area contributed by atoms with E-state index in [0.717, 1.165) is 18.9 Å². The molecule has 1 aromatic carbocycles. The van der Waals surface area contributed by atoms with Crippen molar-refractivity contribution in [3.8, 4) is 0 Å². The van der Waals surface area contributed by atoms with E-state index in [-0.39, 0.29) is 16.7 Å². The van der Waals surface area contributed by atoms with Crippen molar-refractivity contribution in [2.75, 3.05) is 24.6 Å². The lowest BCUT2D eigenvalue weighted by Crippen LogP contribution is -2.37. The number of nitrogens with two attached hydrogens (primary N) is 1. The van der Waals surface area contributed by atoms with E-state index in [1.54, 1.807) is 0 Å². The van der Waals surface area contributed by atoms with Crippen LogP contribution in [0, 0.1) is 10.1 Å². The normalized spacial score (nSPS) is 16.7. The molecule has 1 aliphatic heterocycles. The summed E-state index contributed by atoms with van der Waals surface area (Å²) in [5.74, 6) is 0. The average Bonchev–Trinajstić information content (AvgIpc) is 2.47. The largest absolute Gasteiger partial charge is 0.378 e. The minimum absolute atomic E-state index is 0.170. The molecular formula is C13H19N3O5S. The van der Waals surface area contributed by atoms with E-state index in [4.69, 9.17) is 9.88 Å². The Bertz CT molecular complexity index is 654. The predicted octanol–water partition coefficient (Wildman–Crippen LogP) is 1.25. The number of anilines is 1. The molecule has 9 heteroatoms. The van der Waals surface area contributed by atoms with Gasteiger partial charge in [-0.3, -0.25) is 10.1 Å². The van der Waals surface area contributed by atoms with Crippen molar-refractivity contribution >= 4 is 21.4 Å². The van der Waals surface area contributed by atoms with Gasteiger partial charge in [-0.05, 0) is 31.9 Å². The Hall–Kier alpha value is -1.71. The molecule has 0 unspecified atom stereocenters. The molecule has 1 aromatic rings. The number of piperidine rings is 1. The zero-order valence-electron chi connectivity index (χ0n) is 12.3. The van der Waals surface area contributed by atoms with Crippen molar-refractivity contribution < 1.29 is 18.1 Å². The molecule has 0 bridgehead atoms. The van der Waals surface area contributed by atoms with E-state index in [9.17, 15) is 18.5 Å². The van der Waals surface area contributed by atoms with Gasteiger partial charge in [-0.2, -0.15) is 0 Å². The van der Waals surface area contributed by atoms with Crippen LogP contribution in [0.1, 0.15) is 19.8 Å². The third-order valence-corrected chi connectivity index (χ3v) is 4.57. The van der Waals surface area contributed by atoms with E-state index in [1.807, 2.05) is 11.8 Å². The smallest absolute Gasteiger partial charge is 0.293 e. The molecule has 0 atom stereocenters. The lowest BCUT2D eigenvalue weighted by Gasteiger charge is -2.33. The van der Waals surface area contributed by atoms with E-state index in [0.29, 0.717) is 25.4 Å². The number of nitro groups is 1. The minimum Gasteiger partial charge on any atom is -0.378 e. The molecule has 122 valence electrons. The summed E-state index contributed by atoms with van der Waals surface area (Å²) >= 11 is 0. The van der Waals surface area contributed by atoms with Gasteiger partial charge in [-0.15, -0.1) is 0 Å². The van der Waals surface area contributed by atoms with E-state index in [2.05, 4.69) is 0 Å². The summed E-state index contributed by atoms with van der Waals surface area (Å²) in [4.78, 5) is 12.3. The van der Waals surface area contributed by atoms with Gasteiger partial charge in [0.1, 0.15) is 5.69 Å². The van der Waals surface area contributed by atoms with E-state index in [1.165, 1.54) is 12.1 Å². The summed E-state index contributed by atoms with van der Waals surface area (Å²) in [5, 5.41) is 16.3. The van der Waals surface area contributed by atoms with Gasteiger partial charge in [0.2, 0.25) is 10.0 Å². The van der Waals surface area contributed by atoms with Crippen LogP contribution in [0.4, 0.5) is 11.4 Å². The van der Waals surface area contributed by atoms with Crippen molar-refractivity contribution in [2.24, 2.45) is 5.14 Å². The first-order valence-corrected chi connectivity index (χ1v) is 8.55. The number of hydrogen-bond acceptors (Lipinski definition) is 6. The molecular weight excluding hydrogens is 310 g/mol. The molecule has 0 spiro atoms. The highest BCUT2D eigenvalue weighted by molar-refractivity contribution is 7.89. The number of hydrogen-bond donors (Lipinski definition) is 1. The highest BCUT2D eigenvalue weighted by Gasteiger charge is 2.26. The van der Waals surface area contributed by atoms with Crippen LogP contribution in [-0.4, -0.2) is 39.1 Å². The summed E-state index contributed by atoms with van der Waals surface area (Å²) in [6, 6.07) is 3.75. The third-order valence-electron chi connectivity index (χ3n) is 3.66. The fourth-order valence-electron chi connectivity index (χ4n) is 2.59. The number of ether oxygens (including phenoxy) is 1. The molecule has 1 heterocycles. The lowest BCUT2D eigenvalue weighted by atomic mass is 10.1. The van der Waals surface area contributed by atoms with E-state index < -0.39 is 14.9 Å². The van der Waals surface area contributed by atoms with Crippen molar-refractivity contribution in [1.82, 2.24) is 0 Å². The highest BCUT2D eigenvalue weighted by atomic mass is 32.2. The quantitative estimate of drug-likeness (QED) is 0.642. The SMILES string of the molecule is CCOC1CCN(c2ccc(S(N)(=O)=O)cc2[N+](=O)[O-])CC1. The molecule has 0 aliphatic carbocycles. The summed E-state index contributed by atoms with van der Waals surface area (Å²) in [5.41, 5.74) is 0.161. The Morgan fingerprint density at radius 3 is 2.55 bits per heavy atom. The third kappa shape index (κ3) is 3.73. The maximum atomic E-state index is 11.3. The molecule has 2 N–H and O–H groups in total. The predicted molar refractivity (Wildman–Crippen MR) is 81.3 cm³/mol. The van der Waals surface area contributed by atoms with Gasteiger partial charge in [0.25, 0.3) is 5.69 Å². The van der Waals surface area contributed by atoms with Gasteiger partial charge in [-0.1, -0.05) is 0 Å². The van der Waals surface area contributed by atoms with Crippen LogP contribution in [0.5, 0.6) is 0 Å². The van der Waals surface area contributed by atoms with Gasteiger partial charge < -0.3 is 9.64 Å². The first kappa shape index (κ1) is 16.7. The Morgan fingerprint density at radius 1 is 1.41 bits per heavy atom. The summed E-state index contributed by atoms with van der Waals surface area (Å²) in [7, 11) is -3.97. The monoisotopic (exact) mass is 329 g/mol. The Kier molecular flexibility index (Phi) is 4.99. The Labute approximate surface area is 129 Å². The summed E-state index contributed by atoms with van der Waals surface area (Å²) in [6.07, 6.45) is 1.73. The summed E-state index contributed by atoms with van der Waals surface area (Å²) in [6.45, 7) is 3.83. The van der Waals surface area contributed by atoms with Gasteiger partial charge in [0, 0.05) is 25.8 Å². The minimum atomic E-state index is -3.97. The molecule has 8 nitrogen and oxygen atoms in total. The number of nitro benzene ring substituents is 1. The molecule has 1 fully saturated rings. The zero-order valence-corrected chi connectivity index (χ0v) is 13.1. The first-order chi connectivity index (χ1) is 10.3. The van der Waals surface area contributed by atoms with Crippen LogP contribution in [-0.2, 0) is 14.8 Å². The van der Waals surface area contributed by atoms with Crippen LogP contribution in [0.15, 0.2) is 23.1 Å². The zero-order chi connectivity index (χ0) is 16.3. The number of nitrogens with zero attached hydrogens (tertiary/aromatic N) is 2. The molecule has 0 saturated carbocycles. The molecule has 0 aromatic heterocycles. The van der Waals surface area contributed by atoms with E-state index >= 15 is 0 Å². The maximum Gasteiger partial charge on any atom is 0.293 e. The fourth-order valence-corrected chi connectivity index (χ4v) is 3.13. The topological polar surface area (TPSA) is 116 Å². The van der Waals surface area contributed by atoms with Gasteiger partial charge in [0.05, 0.1) is 15.9 Å². The van der Waals surface area contributed by atoms with Crippen LogP contribution in [0.3, 0.4) is 0 Å². The van der Waals surface area contributed by atoms with Crippen molar-refractivity contribution in [2.45, 2.75) is 30.8 Å². The number of benzene rings is 1. The van der Waals surface area contributed by atoms with Crippen LogP contribution in [0.2, 0.25) is 0 Å². The molecule has 2 rings (SSSR count). The van der Waals surface area contributed by atoms with Gasteiger partial charge >= 0.3 is 0 Å². The number of rotatable bonds is 5. The number of sulfonamides is 1. The molecule has 1 aliphatic rings. The van der Waals surface area contributed by atoms with Crippen LogP contribution in [0.25, 0.3) is 0 Å². The Balaban J connectivity index is 2.26. The average molecular weight is 329 g/mol. The summed E-state index contributed by atoms with van der Waals surface area (Å²) < 4.78 is 28.2. The second kappa shape index (κ2) is 6.59. The first-order valence-electron chi connectivity index (χ1n) is 7.00. The molecule has 22 heavy (non-hydrogen) atoms. The van der Waals surface area contributed by atoms with Crippen molar-refractivity contribution in [3.63, 3.8) is 0 Å². The van der Waals surface area contributed by atoms with Crippen LogP contribution < -0.4 is 10.0 Å². The lowest BCUT2D eigenvalue weighted by molar-refractivity contribution is -0.384. The maximum absolute atomic E-state index is 11.3. The second-order valence-electron chi connectivity index (χ2n) is 5.09. The standard InChI is InChI=1S/C13H19N3O5S/c1-2-21-10-5-7-15(8-6-10)12-4-3-11(22(14,19)20)9-13(12)16(17)18/h3-4,9-10H,2,5-8H2,1H3,(H2,14,19,20). The fraction of sp³-hybridized carbons (Fsp3) is 0.538. The molecule has 1 saturated heterocycles. The van der Waals surface area contributed by atoms with Crippen molar-refractivity contribution in [1.29, 1.82) is 0 Å². The Morgan fingerprint density at radius 2 is 2.05 bits per heavy atom.